The maximum absolute atomic E-state index is 12.8. The van der Waals surface area contributed by atoms with Crippen molar-refractivity contribution in [3.8, 4) is 11.3 Å². The van der Waals surface area contributed by atoms with Gasteiger partial charge in [-0.3, -0.25) is 9.69 Å². The number of morpholine rings is 1. The number of rotatable bonds is 4. The highest BCUT2D eigenvalue weighted by molar-refractivity contribution is 5.91. The Balaban J connectivity index is 1.62. The lowest BCUT2D eigenvalue weighted by Gasteiger charge is -2.26. The number of hydrogen-bond donors (Lipinski definition) is 3. The average Bonchev–Trinajstić information content (AvgIpc) is 3.14. The summed E-state index contributed by atoms with van der Waals surface area (Å²) in [6.07, 6.45) is 5.92. The van der Waals surface area contributed by atoms with Gasteiger partial charge in [-0.05, 0) is 30.0 Å². The molecule has 29 heavy (non-hydrogen) atoms. The lowest BCUT2D eigenvalue weighted by molar-refractivity contribution is 0.0344. The Hall–Kier alpha value is -3.16. The van der Waals surface area contributed by atoms with Gasteiger partial charge in [0.1, 0.15) is 0 Å². The van der Waals surface area contributed by atoms with Gasteiger partial charge in [0, 0.05) is 42.7 Å². The summed E-state index contributed by atoms with van der Waals surface area (Å²) in [4.78, 5) is 18.6. The van der Waals surface area contributed by atoms with Crippen molar-refractivity contribution in [2.24, 2.45) is 0 Å². The summed E-state index contributed by atoms with van der Waals surface area (Å²) in [5.41, 5.74) is 5.20. The van der Waals surface area contributed by atoms with Crippen molar-refractivity contribution in [3.05, 3.63) is 70.3 Å². The van der Waals surface area contributed by atoms with Crippen LogP contribution in [0.3, 0.4) is 0 Å². The number of dihydropyridines is 1. The van der Waals surface area contributed by atoms with Gasteiger partial charge < -0.3 is 15.0 Å². The first-order valence-corrected chi connectivity index (χ1v) is 9.90. The Morgan fingerprint density at radius 2 is 2.03 bits per heavy atom. The van der Waals surface area contributed by atoms with Crippen LogP contribution in [0.4, 0.5) is 0 Å². The van der Waals surface area contributed by atoms with Crippen LogP contribution in [0.2, 0.25) is 0 Å². The predicted molar refractivity (Wildman–Crippen MR) is 113 cm³/mol. The standard InChI is InChI=1S/C22H23N5O2/c28-22-17(13-20(25-26-22)15-5-7-23-8-6-15)21-18(14-27-9-11-29-12-10-27)16-3-1-2-4-19(16)24-21/h1-7,13,23-24H,8-12,14H2,(H,26,28). The Labute approximate surface area is 168 Å². The van der Waals surface area contributed by atoms with Crippen molar-refractivity contribution in [1.82, 2.24) is 25.4 Å². The van der Waals surface area contributed by atoms with Crippen molar-refractivity contribution in [2.75, 3.05) is 32.8 Å². The van der Waals surface area contributed by atoms with Crippen molar-refractivity contribution < 1.29 is 4.74 Å². The number of aromatic amines is 2. The second-order valence-electron chi connectivity index (χ2n) is 7.31. The van der Waals surface area contributed by atoms with E-state index in [0.29, 0.717) is 5.56 Å². The monoisotopic (exact) mass is 389 g/mol. The topological polar surface area (TPSA) is 86.0 Å². The number of fused-ring (bicyclic) bond motifs is 1. The van der Waals surface area contributed by atoms with Crippen LogP contribution >= 0.6 is 0 Å². The third kappa shape index (κ3) is 3.50. The zero-order valence-electron chi connectivity index (χ0n) is 16.1. The fraction of sp³-hybridized carbons (Fsp3) is 0.273. The second-order valence-corrected chi connectivity index (χ2v) is 7.31. The molecule has 0 spiro atoms. The molecule has 1 aromatic carbocycles. The smallest absolute Gasteiger partial charge is 0.273 e. The first-order valence-electron chi connectivity index (χ1n) is 9.90. The fourth-order valence-corrected chi connectivity index (χ4v) is 3.96. The number of nitrogens with one attached hydrogen (secondary N) is 3. The zero-order chi connectivity index (χ0) is 19.6. The summed E-state index contributed by atoms with van der Waals surface area (Å²) in [7, 11) is 0. The SMILES string of the molecule is O=c1[nH]nc(C2=CCNC=C2)cc1-c1[nH]c2ccccc2c1CN1CCOCC1. The number of H-pyrrole nitrogens is 2. The minimum absolute atomic E-state index is 0.193. The molecule has 0 bridgehead atoms. The molecule has 0 aliphatic carbocycles. The van der Waals surface area contributed by atoms with Crippen LogP contribution in [0.25, 0.3) is 27.7 Å². The van der Waals surface area contributed by atoms with Gasteiger partial charge in [0.05, 0.1) is 30.2 Å². The minimum atomic E-state index is -0.193. The number of benzene rings is 1. The molecule has 1 saturated heterocycles. The highest BCUT2D eigenvalue weighted by atomic mass is 16.5. The molecule has 7 heteroatoms. The summed E-state index contributed by atoms with van der Waals surface area (Å²) in [5.74, 6) is 0. The number of aromatic nitrogens is 3. The first kappa shape index (κ1) is 17.9. The summed E-state index contributed by atoms with van der Waals surface area (Å²) < 4.78 is 5.49. The largest absolute Gasteiger partial charge is 0.387 e. The van der Waals surface area contributed by atoms with Crippen molar-refractivity contribution in [2.45, 2.75) is 6.54 Å². The molecule has 3 N–H and O–H groups in total. The Morgan fingerprint density at radius 3 is 2.86 bits per heavy atom. The van der Waals surface area contributed by atoms with Crippen molar-refractivity contribution in [1.29, 1.82) is 0 Å². The van der Waals surface area contributed by atoms with Crippen LogP contribution in [0, 0.1) is 0 Å². The molecule has 5 rings (SSSR count). The van der Waals surface area contributed by atoms with E-state index in [-0.39, 0.29) is 5.56 Å². The number of para-hydroxylation sites is 1. The van der Waals surface area contributed by atoms with E-state index >= 15 is 0 Å². The van der Waals surface area contributed by atoms with E-state index in [4.69, 9.17) is 4.74 Å². The second kappa shape index (κ2) is 7.69. The van der Waals surface area contributed by atoms with E-state index < -0.39 is 0 Å². The van der Waals surface area contributed by atoms with Crippen molar-refractivity contribution in [3.63, 3.8) is 0 Å². The Morgan fingerprint density at radius 1 is 1.17 bits per heavy atom. The van der Waals surface area contributed by atoms with Crippen molar-refractivity contribution >= 4 is 16.5 Å². The molecule has 7 nitrogen and oxygen atoms in total. The molecule has 4 heterocycles. The lowest BCUT2D eigenvalue weighted by atomic mass is 10.0. The van der Waals surface area contributed by atoms with E-state index in [1.54, 1.807) is 0 Å². The van der Waals surface area contributed by atoms with Gasteiger partial charge in [0.2, 0.25) is 0 Å². The van der Waals surface area contributed by atoms with Gasteiger partial charge in [0.25, 0.3) is 5.56 Å². The fourth-order valence-electron chi connectivity index (χ4n) is 3.96. The van der Waals surface area contributed by atoms with Crippen LogP contribution in [-0.2, 0) is 11.3 Å². The number of ether oxygens (including phenoxy) is 1. The maximum atomic E-state index is 12.8. The first-order chi connectivity index (χ1) is 14.3. The number of nitrogens with zero attached hydrogens (tertiary/aromatic N) is 2. The molecule has 0 radical (unpaired) electrons. The van der Waals surface area contributed by atoms with Gasteiger partial charge in [0.15, 0.2) is 0 Å². The number of allylic oxidation sites excluding steroid dienone is 2. The zero-order valence-corrected chi connectivity index (χ0v) is 16.1. The average molecular weight is 389 g/mol. The summed E-state index contributed by atoms with van der Waals surface area (Å²) in [5, 5.41) is 11.2. The molecule has 2 aliphatic heterocycles. The third-order valence-electron chi connectivity index (χ3n) is 5.49. The molecule has 0 amide bonds. The molecule has 2 aromatic heterocycles. The van der Waals surface area contributed by atoms with Crippen LogP contribution < -0.4 is 10.9 Å². The highest BCUT2D eigenvalue weighted by Gasteiger charge is 2.20. The molecular formula is C22H23N5O2. The molecule has 2 aliphatic rings. The van der Waals surface area contributed by atoms with Gasteiger partial charge in [-0.2, -0.15) is 5.10 Å². The maximum Gasteiger partial charge on any atom is 0.273 e. The van der Waals surface area contributed by atoms with E-state index in [1.165, 1.54) is 0 Å². The quantitative estimate of drug-likeness (QED) is 0.637. The summed E-state index contributed by atoms with van der Waals surface area (Å²) >= 11 is 0. The summed E-state index contributed by atoms with van der Waals surface area (Å²) in [6.45, 7) is 4.78. The molecular weight excluding hydrogens is 366 g/mol. The molecule has 3 aromatic rings. The predicted octanol–water partition coefficient (Wildman–Crippen LogP) is 2.25. The molecule has 0 saturated carbocycles. The van der Waals surface area contributed by atoms with E-state index in [0.717, 1.165) is 72.8 Å². The van der Waals surface area contributed by atoms with Gasteiger partial charge in [-0.25, -0.2) is 5.10 Å². The lowest BCUT2D eigenvalue weighted by Crippen LogP contribution is -2.35. The van der Waals surface area contributed by atoms with E-state index in [2.05, 4.69) is 43.6 Å². The third-order valence-corrected chi connectivity index (χ3v) is 5.49. The normalized spacial score (nSPS) is 17.3. The van der Waals surface area contributed by atoms with Crippen LogP contribution in [0.15, 0.2) is 53.5 Å². The van der Waals surface area contributed by atoms with Crippen LogP contribution in [-0.4, -0.2) is 52.9 Å². The Bertz CT molecular complexity index is 1150. The Kier molecular flexibility index (Phi) is 4.75. The van der Waals surface area contributed by atoms with E-state index in [1.807, 2.05) is 30.5 Å². The molecule has 1 fully saturated rings. The van der Waals surface area contributed by atoms with Crippen LogP contribution in [0.5, 0.6) is 0 Å². The highest BCUT2D eigenvalue weighted by Crippen LogP contribution is 2.31. The van der Waals surface area contributed by atoms with Crippen LogP contribution in [0.1, 0.15) is 11.3 Å². The van der Waals surface area contributed by atoms with Gasteiger partial charge in [-0.15, -0.1) is 0 Å². The van der Waals surface area contributed by atoms with E-state index in [9.17, 15) is 4.79 Å². The molecule has 0 atom stereocenters. The molecule has 148 valence electrons. The molecule has 0 unspecified atom stereocenters. The summed E-state index contributed by atoms with van der Waals surface area (Å²) in [6, 6.07) is 10.1. The van der Waals surface area contributed by atoms with Gasteiger partial charge in [-0.1, -0.05) is 24.3 Å². The number of hydrogen-bond acceptors (Lipinski definition) is 5. The van der Waals surface area contributed by atoms with Gasteiger partial charge >= 0.3 is 0 Å². The minimum Gasteiger partial charge on any atom is -0.387 e.